The lowest BCUT2D eigenvalue weighted by Gasteiger charge is -2.26. The number of thioether (sulfide) groups is 1. The molecule has 0 saturated heterocycles. The molecule has 13 heteroatoms. The van der Waals surface area contributed by atoms with E-state index in [0.29, 0.717) is 17.7 Å². The van der Waals surface area contributed by atoms with Gasteiger partial charge in [-0.05, 0) is 42.4 Å². The van der Waals surface area contributed by atoms with Gasteiger partial charge >= 0.3 is 11.9 Å². The van der Waals surface area contributed by atoms with E-state index in [2.05, 4.69) is 20.9 Å². The number of hydrogen-bond acceptors (Lipinski definition) is 7. The lowest BCUT2D eigenvalue weighted by Crippen LogP contribution is -2.58. The summed E-state index contributed by atoms with van der Waals surface area (Å²) in [6.45, 7) is 3.75. The first-order valence-electron chi connectivity index (χ1n) is 13.1. The fraction of sp³-hybridized carbons (Fsp3) is 0.519. The van der Waals surface area contributed by atoms with Crippen molar-refractivity contribution < 1.29 is 34.2 Å². The third-order valence-electron chi connectivity index (χ3n) is 6.80. The van der Waals surface area contributed by atoms with Crippen LogP contribution in [0.25, 0.3) is 10.9 Å². The van der Waals surface area contributed by atoms with Crippen LogP contribution in [0.4, 0.5) is 0 Å². The van der Waals surface area contributed by atoms with Gasteiger partial charge in [-0.15, -0.1) is 0 Å². The highest BCUT2D eigenvalue weighted by molar-refractivity contribution is 7.98. The number of rotatable bonds is 17. The second-order valence-electron chi connectivity index (χ2n) is 9.71. The van der Waals surface area contributed by atoms with E-state index in [-0.39, 0.29) is 25.2 Å². The van der Waals surface area contributed by atoms with Gasteiger partial charge in [-0.2, -0.15) is 11.8 Å². The van der Waals surface area contributed by atoms with Crippen molar-refractivity contribution in [2.75, 3.05) is 12.0 Å². The van der Waals surface area contributed by atoms with Gasteiger partial charge in [-0.25, -0.2) is 4.79 Å². The van der Waals surface area contributed by atoms with Gasteiger partial charge < -0.3 is 36.9 Å². The monoisotopic (exact) mass is 577 g/mol. The molecule has 0 aliphatic carbocycles. The van der Waals surface area contributed by atoms with Crippen molar-refractivity contribution in [1.82, 2.24) is 20.9 Å². The lowest BCUT2D eigenvalue weighted by atomic mass is 9.99. The molecule has 0 radical (unpaired) electrons. The van der Waals surface area contributed by atoms with Crippen LogP contribution in [0.1, 0.15) is 45.1 Å². The van der Waals surface area contributed by atoms with Crippen molar-refractivity contribution in [1.29, 1.82) is 0 Å². The maximum absolute atomic E-state index is 13.4. The molecule has 0 aliphatic rings. The molecule has 5 unspecified atom stereocenters. The van der Waals surface area contributed by atoms with Crippen LogP contribution in [-0.2, 0) is 30.4 Å². The molecule has 5 atom stereocenters. The number of carbonyl (C=O) groups excluding carboxylic acids is 3. The maximum atomic E-state index is 13.4. The summed E-state index contributed by atoms with van der Waals surface area (Å²) in [6, 6.07) is 2.91. The minimum Gasteiger partial charge on any atom is -0.481 e. The van der Waals surface area contributed by atoms with E-state index in [9.17, 15) is 29.1 Å². The minimum absolute atomic E-state index is 0.0163. The molecule has 0 saturated carbocycles. The van der Waals surface area contributed by atoms with Crippen LogP contribution < -0.4 is 21.7 Å². The first kappa shape index (κ1) is 32.6. The van der Waals surface area contributed by atoms with E-state index in [0.717, 1.165) is 10.9 Å². The van der Waals surface area contributed by atoms with Crippen molar-refractivity contribution >= 4 is 52.3 Å². The Morgan fingerprint density at radius 2 is 1.57 bits per heavy atom. The smallest absolute Gasteiger partial charge is 0.326 e. The summed E-state index contributed by atoms with van der Waals surface area (Å²) in [5.41, 5.74) is 7.58. The van der Waals surface area contributed by atoms with Crippen molar-refractivity contribution in [3.8, 4) is 0 Å². The highest BCUT2D eigenvalue weighted by Gasteiger charge is 2.31. The van der Waals surface area contributed by atoms with Crippen molar-refractivity contribution in [3.05, 3.63) is 36.0 Å². The zero-order valence-corrected chi connectivity index (χ0v) is 23.8. The van der Waals surface area contributed by atoms with E-state index in [4.69, 9.17) is 10.8 Å². The average Bonchev–Trinajstić information content (AvgIpc) is 3.33. The summed E-state index contributed by atoms with van der Waals surface area (Å²) in [5, 5.41) is 27.1. The SMILES string of the molecule is CCC(C)C(N)C(=O)NC(CCSC)C(=O)NC(Cc1c[nH]c2ccccc12)C(=O)NC(CCC(=O)O)C(=O)O. The molecule has 1 aromatic heterocycles. The molecule has 1 heterocycles. The molecular weight excluding hydrogens is 538 g/mol. The van der Waals surface area contributed by atoms with E-state index in [1.807, 2.05) is 44.4 Å². The summed E-state index contributed by atoms with van der Waals surface area (Å²) in [7, 11) is 0. The number of aromatic nitrogens is 1. The van der Waals surface area contributed by atoms with Crippen LogP contribution in [-0.4, -0.2) is 81.0 Å². The maximum Gasteiger partial charge on any atom is 0.326 e. The van der Waals surface area contributed by atoms with Crippen LogP contribution in [0.15, 0.2) is 30.5 Å². The van der Waals surface area contributed by atoms with Gasteiger partial charge in [0.25, 0.3) is 0 Å². The number of carbonyl (C=O) groups is 5. The number of fused-ring (bicyclic) bond motifs is 1. The Morgan fingerprint density at radius 3 is 2.20 bits per heavy atom. The van der Waals surface area contributed by atoms with E-state index < -0.39 is 60.2 Å². The summed E-state index contributed by atoms with van der Waals surface area (Å²) in [6.07, 6.45) is 3.74. The number of aliphatic carboxylic acids is 2. The predicted octanol–water partition coefficient (Wildman–Crippen LogP) is 1.24. The first-order valence-corrected chi connectivity index (χ1v) is 14.5. The van der Waals surface area contributed by atoms with Gasteiger partial charge in [-0.1, -0.05) is 38.5 Å². The Balaban J connectivity index is 2.32. The number of nitrogens with two attached hydrogens (primary N) is 1. The van der Waals surface area contributed by atoms with E-state index in [1.165, 1.54) is 11.8 Å². The standard InChI is InChI=1S/C27H39N5O7S/c1-4-15(2)23(28)26(37)30-19(11-12-40-3)24(35)32-21(13-16-14-29-18-8-6-5-7-17(16)18)25(36)31-20(27(38)39)9-10-22(33)34/h5-8,14-15,19-21,23,29H,4,9-13,28H2,1-3H3,(H,30,37)(H,31,36)(H,32,35)(H,33,34)(H,38,39). The number of aromatic amines is 1. The van der Waals surface area contributed by atoms with Crippen LogP contribution in [0, 0.1) is 5.92 Å². The number of para-hydroxylation sites is 1. The van der Waals surface area contributed by atoms with Gasteiger partial charge in [0.1, 0.15) is 18.1 Å². The minimum atomic E-state index is -1.47. The average molecular weight is 578 g/mol. The molecule has 0 bridgehead atoms. The topological polar surface area (TPSA) is 204 Å². The number of hydrogen-bond donors (Lipinski definition) is 7. The van der Waals surface area contributed by atoms with Crippen LogP contribution >= 0.6 is 11.8 Å². The quantitative estimate of drug-likeness (QED) is 0.144. The number of amides is 3. The Kier molecular flexibility index (Phi) is 12.9. The molecule has 0 spiro atoms. The fourth-order valence-corrected chi connectivity index (χ4v) is 4.56. The van der Waals surface area contributed by atoms with Crippen LogP contribution in [0.2, 0.25) is 0 Å². The normalized spacial score (nSPS) is 14.9. The van der Waals surface area contributed by atoms with E-state index in [1.54, 1.807) is 6.20 Å². The van der Waals surface area contributed by atoms with Crippen LogP contribution in [0.3, 0.4) is 0 Å². The Morgan fingerprint density at radius 1 is 0.950 bits per heavy atom. The summed E-state index contributed by atoms with van der Waals surface area (Å²) in [4.78, 5) is 65.3. The van der Waals surface area contributed by atoms with Gasteiger partial charge in [-0.3, -0.25) is 19.2 Å². The summed E-state index contributed by atoms with van der Waals surface area (Å²) >= 11 is 1.48. The van der Waals surface area contributed by atoms with Crippen molar-refractivity contribution in [2.45, 2.75) is 70.1 Å². The first-order chi connectivity index (χ1) is 19.0. The Hall–Kier alpha value is -3.58. The molecule has 8 N–H and O–H groups in total. The molecule has 3 amide bonds. The van der Waals surface area contributed by atoms with Gasteiger partial charge in [0.2, 0.25) is 17.7 Å². The molecule has 2 aromatic rings. The van der Waals surface area contributed by atoms with Gasteiger partial charge in [0.15, 0.2) is 0 Å². The number of benzene rings is 1. The number of carboxylic acid groups (broad SMARTS) is 2. The molecular formula is C27H39N5O7S. The molecule has 0 aliphatic heterocycles. The molecule has 220 valence electrons. The molecule has 1 aromatic carbocycles. The Bertz CT molecular complexity index is 1190. The number of carboxylic acids is 2. The predicted molar refractivity (Wildman–Crippen MR) is 153 cm³/mol. The van der Waals surface area contributed by atoms with Gasteiger partial charge in [0.05, 0.1) is 6.04 Å². The largest absolute Gasteiger partial charge is 0.481 e. The van der Waals surface area contributed by atoms with Crippen LogP contribution in [0.5, 0.6) is 0 Å². The third kappa shape index (κ3) is 9.56. The lowest BCUT2D eigenvalue weighted by molar-refractivity contribution is -0.143. The van der Waals surface area contributed by atoms with Crippen molar-refractivity contribution in [3.63, 3.8) is 0 Å². The molecule has 12 nitrogen and oxygen atoms in total. The number of H-pyrrole nitrogens is 1. The zero-order chi connectivity index (χ0) is 29.8. The van der Waals surface area contributed by atoms with Crippen molar-refractivity contribution in [2.24, 2.45) is 11.7 Å². The number of nitrogens with one attached hydrogen (secondary N) is 4. The highest BCUT2D eigenvalue weighted by atomic mass is 32.2. The van der Waals surface area contributed by atoms with E-state index >= 15 is 0 Å². The Labute approximate surface area is 237 Å². The summed E-state index contributed by atoms with van der Waals surface area (Å²) in [5.74, 6) is -4.04. The molecule has 2 rings (SSSR count). The second kappa shape index (κ2) is 15.9. The molecule has 0 fully saturated rings. The third-order valence-corrected chi connectivity index (χ3v) is 7.44. The molecule has 40 heavy (non-hydrogen) atoms. The second-order valence-corrected chi connectivity index (χ2v) is 10.7. The summed E-state index contributed by atoms with van der Waals surface area (Å²) < 4.78 is 0. The fourth-order valence-electron chi connectivity index (χ4n) is 4.08. The van der Waals surface area contributed by atoms with Gasteiger partial charge in [0, 0.05) is 29.9 Å². The zero-order valence-electron chi connectivity index (χ0n) is 22.9. The highest BCUT2D eigenvalue weighted by Crippen LogP contribution is 2.19.